The number of anilines is 1. The van der Waals surface area contributed by atoms with E-state index in [1.54, 1.807) is 11.3 Å². The third kappa shape index (κ3) is 4.82. The lowest BCUT2D eigenvalue weighted by Crippen LogP contribution is -2.20. The number of rotatable bonds is 7. The Hall–Kier alpha value is -1.95. The maximum atomic E-state index is 11.1. The number of pyridine rings is 1. The Morgan fingerprint density at radius 3 is 2.81 bits per heavy atom. The second-order valence-electron chi connectivity index (χ2n) is 4.72. The standard InChI is InChI=1S/C15H19N3O2S/c1-18(10-7-12-5-8-16-9-6-12)15-17-13(11-21-15)3-4-14(19)20-2/h5-6,8-9,11H,3-4,7,10H2,1-2H3. The Labute approximate surface area is 128 Å². The molecule has 0 saturated heterocycles. The number of likely N-dealkylation sites (N-methyl/N-ethyl adjacent to an activating group) is 1. The molecule has 0 aliphatic heterocycles. The molecule has 0 atom stereocenters. The predicted molar refractivity (Wildman–Crippen MR) is 83.7 cm³/mol. The van der Waals surface area contributed by atoms with Crippen molar-refractivity contribution in [2.45, 2.75) is 19.3 Å². The summed E-state index contributed by atoms with van der Waals surface area (Å²) in [6.45, 7) is 0.897. The summed E-state index contributed by atoms with van der Waals surface area (Å²) in [7, 11) is 3.44. The van der Waals surface area contributed by atoms with E-state index in [2.05, 4.69) is 19.6 Å². The molecule has 2 rings (SSSR count). The lowest BCUT2D eigenvalue weighted by atomic mass is 10.2. The minimum atomic E-state index is -0.199. The number of nitrogens with zero attached hydrogens (tertiary/aromatic N) is 3. The van der Waals surface area contributed by atoms with E-state index < -0.39 is 0 Å². The molecule has 21 heavy (non-hydrogen) atoms. The summed E-state index contributed by atoms with van der Waals surface area (Å²) >= 11 is 1.60. The molecule has 0 aromatic carbocycles. The largest absolute Gasteiger partial charge is 0.469 e. The van der Waals surface area contributed by atoms with Crippen LogP contribution in [0.15, 0.2) is 29.9 Å². The fourth-order valence-corrected chi connectivity index (χ4v) is 2.71. The summed E-state index contributed by atoms with van der Waals surface area (Å²) in [5.41, 5.74) is 2.20. The molecule has 2 aromatic heterocycles. The first kappa shape index (κ1) is 15.4. The second kappa shape index (κ2) is 7.73. The van der Waals surface area contributed by atoms with Crippen LogP contribution in [0.3, 0.4) is 0 Å². The van der Waals surface area contributed by atoms with Gasteiger partial charge in [-0.1, -0.05) is 0 Å². The normalized spacial score (nSPS) is 10.4. The highest BCUT2D eigenvalue weighted by atomic mass is 32.1. The van der Waals surface area contributed by atoms with E-state index >= 15 is 0 Å². The van der Waals surface area contributed by atoms with Crippen molar-refractivity contribution in [3.8, 4) is 0 Å². The van der Waals surface area contributed by atoms with Crippen molar-refractivity contribution in [1.29, 1.82) is 0 Å². The van der Waals surface area contributed by atoms with E-state index in [9.17, 15) is 4.79 Å². The fraction of sp³-hybridized carbons (Fsp3) is 0.400. The molecule has 2 aromatic rings. The third-order valence-corrected chi connectivity index (χ3v) is 4.17. The van der Waals surface area contributed by atoms with Gasteiger partial charge in [-0.05, 0) is 24.1 Å². The number of thiazole rings is 1. The van der Waals surface area contributed by atoms with Crippen molar-refractivity contribution in [3.63, 3.8) is 0 Å². The van der Waals surface area contributed by atoms with Crippen LogP contribution in [-0.4, -0.2) is 36.6 Å². The highest BCUT2D eigenvalue weighted by Gasteiger charge is 2.09. The van der Waals surface area contributed by atoms with Gasteiger partial charge in [0.05, 0.1) is 19.2 Å². The van der Waals surface area contributed by atoms with Crippen LogP contribution < -0.4 is 4.90 Å². The van der Waals surface area contributed by atoms with Crippen molar-refractivity contribution in [1.82, 2.24) is 9.97 Å². The number of methoxy groups -OCH3 is 1. The second-order valence-corrected chi connectivity index (χ2v) is 5.56. The third-order valence-electron chi connectivity index (χ3n) is 3.16. The van der Waals surface area contributed by atoms with Crippen LogP contribution in [-0.2, 0) is 22.4 Å². The molecule has 2 heterocycles. The van der Waals surface area contributed by atoms with Gasteiger partial charge in [0.2, 0.25) is 0 Å². The molecule has 0 amide bonds. The molecule has 0 aliphatic carbocycles. The summed E-state index contributed by atoms with van der Waals surface area (Å²) in [5, 5.41) is 2.98. The summed E-state index contributed by atoms with van der Waals surface area (Å²) in [6, 6.07) is 4.05. The molecule has 0 aliphatic rings. The molecule has 112 valence electrons. The lowest BCUT2D eigenvalue weighted by Gasteiger charge is -2.15. The summed E-state index contributed by atoms with van der Waals surface area (Å²) in [5.74, 6) is -0.199. The van der Waals surface area contributed by atoms with Crippen LogP contribution >= 0.6 is 11.3 Å². The van der Waals surface area contributed by atoms with Crippen molar-refractivity contribution < 1.29 is 9.53 Å². The maximum absolute atomic E-state index is 11.1. The monoisotopic (exact) mass is 305 g/mol. The Morgan fingerprint density at radius 1 is 1.33 bits per heavy atom. The predicted octanol–water partition coefficient (Wildman–Crippen LogP) is 2.32. The van der Waals surface area contributed by atoms with Crippen LogP contribution in [0.5, 0.6) is 0 Å². The van der Waals surface area contributed by atoms with Gasteiger partial charge < -0.3 is 9.64 Å². The number of carbonyl (C=O) groups is 1. The quantitative estimate of drug-likeness (QED) is 0.735. The lowest BCUT2D eigenvalue weighted by molar-refractivity contribution is -0.140. The molecular weight excluding hydrogens is 286 g/mol. The number of esters is 1. The Bertz CT molecular complexity index is 571. The van der Waals surface area contributed by atoms with Gasteiger partial charge >= 0.3 is 5.97 Å². The van der Waals surface area contributed by atoms with Gasteiger partial charge in [0, 0.05) is 37.8 Å². The summed E-state index contributed by atoms with van der Waals surface area (Å²) < 4.78 is 4.63. The SMILES string of the molecule is COC(=O)CCc1csc(N(C)CCc2ccncc2)n1. The maximum Gasteiger partial charge on any atom is 0.305 e. The van der Waals surface area contributed by atoms with E-state index in [1.165, 1.54) is 12.7 Å². The average Bonchev–Trinajstić information content (AvgIpc) is 3.00. The van der Waals surface area contributed by atoms with Crippen molar-refractivity contribution in [2.24, 2.45) is 0 Å². The molecule has 0 bridgehead atoms. The number of aryl methyl sites for hydroxylation is 1. The zero-order valence-corrected chi connectivity index (χ0v) is 13.1. The summed E-state index contributed by atoms with van der Waals surface area (Å²) in [4.78, 5) is 21.8. The van der Waals surface area contributed by atoms with Gasteiger partial charge in [-0.2, -0.15) is 0 Å². The number of carbonyl (C=O) groups excluding carboxylic acids is 1. The van der Waals surface area contributed by atoms with Crippen molar-refractivity contribution in [3.05, 3.63) is 41.2 Å². The van der Waals surface area contributed by atoms with Gasteiger partial charge in [-0.25, -0.2) is 4.98 Å². The van der Waals surface area contributed by atoms with Crippen LogP contribution in [0.1, 0.15) is 17.7 Å². The Morgan fingerprint density at radius 2 is 2.10 bits per heavy atom. The first-order chi connectivity index (χ1) is 10.2. The van der Waals surface area contributed by atoms with Gasteiger partial charge in [0.25, 0.3) is 0 Å². The Balaban J connectivity index is 1.84. The van der Waals surface area contributed by atoms with Gasteiger partial charge in [0.15, 0.2) is 5.13 Å². The van der Waals surface area contributed by atoms with Gasteiger partial charge in [-0.15, -0.1) is 11.3 Å². The van der Waals surface area contributed by atoms with Crippen LogP contribution in [0.4, 0.5) is 5.13 Å². The fourth-order valence-electron chi connectivity index (χ4n) is 1.86. The van der Waals surface area contributed by atoms with E-state index in [1.807, 2.05) is 37.0 Å². The van der Waals surface area contributed by atoms with Gasteiger partial charge in [-0.3, -0.25) is 9.78 Å². The molecule has 0 fully saturated rings. The number of ether oxygens (including phenoxy) is 1. The van der Waals surface area contributed by atoms with E-state index in [0.717, 1.165) is 23.8 Å². The van der Waals surface area contributed by atoms with E-state index in [0.29, 0.717) is 12.8 Å². The van der Waals surface area contributed by atoms with Crippen LogP contribution in [0.25, 0.3) is 0 Å². The minimum absolute atomic E-state index is 0.199. The Kier molecular flexibility index (Phi) is 5.68. The first-order valence-electron chi connectivity index (χ1n) is 6.80. The van der Waals surface area contributed by atoms with Crippen LogP contribution in [0.2, 0.25) is 0 Å². The van der Waals surface area contributed by atoms with E-state index in [-0.39, 0.29) is 5.97 Å². The average molecular weight is 305 g/mol. The zero-order chi connectivity index (χ0) is 15.1. The molecule has 0 spiro atoms. The number of hydrogen-bond donors (Lipinski definition) is 0. The highest BCUT2D eigenvalue weighted by molar-refractivity contribution is 7.13. The van der Waals surface area contributed by atoms with E-state index in [4.69, 9.17) is 0 Å². The number of aromatic nitrogens is 2. The molecule has 0 N–H and O–H groups in total. The topological polar surface area (TPSA) is 55.3 Å². The molecule has 0 saturated carbocycles. The smallest absolute Gasteiger partial charge is 0.305 e. The molecule has 0 unspecified atom stereocenters. The number of hydrogen-bond acceptors (Lipinski definition) is 6. The van der Waals surface area contributed by atoms with Crippen molar-refractivity contribution in [2.75, 3.05) is 25.6 Å². The molecule has 5 nitrogen and oxygen atoms in total. The molecule has 6 heteroatoms. The zero-order valence-electron chi connectivity index (χ0n) is 12.3. The molecular formula is C15H19N3O2S. The first-order valence-corrected chi connectivity index (χ1v) is 7.68. The minimum Gasteiger partial charge on any atom is -0.469 e. The molecule has 0 radical (unpaired) electrons. The van der Waals surface area contributed by atoms with Crippen molar-refractivity contribution >= 4 is 22.4 Å². The summed E-state index contributed by atoms with van der Waals surface area (Å²) in [6.07, 6.45) is 5.57. The highest BCUT2D eigenvalue weighted by Crippen LogP contribution is 2.20. The van der Waals surface area contributed by atoms with Gasteiger partial charge in [0.1, 0.15) is 0 Å². The van der Waals surface area contributed by atoms with Crippen LogP contribution in [0, 0.1) is 0 Å².